The molecule has 1 aliphatic rings. The highest BCUT2D eigenvalue weighted by Crippen LogP contribution is 2.42. The molecular formula is C22H26FNO5. The van der Waals surface area contributed by atoms with Crippen molar-refractivity contribution in [1.82, 2.24) is 4.90 Å². The van der Waals surface area contributed by atoms with E-state index in [0.717, 1.165) is 12.0 Å². The predicted octanol–water partition coefficient (Wildman–Crippen LogP) is 3.74. The number of aliphatic carboxylic acids is 1. The van der Waals surface area contributed by atoms with E-state index in [1.165, 1.54) is 19.2 Å². The van der Waals surface area contributed by atoms with Crippen molar-refractivity contribution >= 4 is 5.97 Å². The summed E-state index contributed by atoms with van der Waals surface area (Å²) < 4.78 is 30.7. The van der Waals surface area contributed by atoms with E-state index in [1.54, 1.807) is 32.4 Å². The van der Waals surface area contributed by atoms with Gasteiger partial charge in [0.15, 0.2) is 0 Å². The third kappa shape index (κ3) is 4.45. The summed E-state index contributed by atoms with van der Waals surface area (Å²) in [5, 5.41) is 9.55. The van der Waals surface area contributed by atoms with Gasteiger partial charge in [-0.2, -0.15) is 0 Å². The van der Waals surface area contributed by atoms with Crippen LogP contribution < -0.4 is 14.2 Å². The van der Waals surface area contributed by atoms with Crippen molar-refractivity contribution in [3.63, 3.8) is 0 Å². The number of methoxy groups -OCH3 is 3. The van der Waals surface area contributed by atoms with Crippen molar-refractivity contribution in [1.29, 1.82) is 0 Å². The van der Waals surface area contributed by atoms with Crippen molar-refractivity contribution < 1.29 is 28.5 Å². The number of carboxylic acids is 1. The van der Waals surface area contributed by atoms with Crippen LogP contribution in [0.4, 0.5) is 4.39 Å². The summed E-state index contributed by atoms with van der Waals surface area (Å²) in [6, 6.07) is 9.35. The fraction of sp³-hybridized carbons (Fsp3) is 0.409. The molecule has 1 N–H and O–H groups in total. The highest BCUT2D eigenvalue weighted by atomic mass is 19.1. The molecule has 2 atom stereocenters. The van der Waals surface area contributed by atoms with Crippen molar-refractivity contribution in [2.45, 2.75) is 18.9 Å². The van der Waals surface area contributed by atoms with Gasteiger partial charge in [0.05, 0.1) is 33.3 Å². The van der Waals surface area contributed by atoms with Crippen LogP contribution in [0, 0.1) is 11.7 Å². The number of piperidine rings is 1. The second-order valence-electron chi connectivity index (χ2n) is 7.07. The van der Waals surface area contributed by atoms with Gasteiger partial charge in [0.25, 0.3) is 0 Å². The average molecular weight is 403 g/mol. The first kappa shape index (κ1) is 20.9. The van der Waals surface area contributed by atoms with Crippen LogP contribution in [-0.4, -0.2) is 50.4 Å². The Kier molecular flexibility index (Phi) is 6.59. The Morgan fingerprint density at radius 3 is 2.34 bits per heavy atom. The average Bonchev–Trinajstić information content (AvgIpc) is 2.74. The molecule has 7 heteroatoms. The molecule has 1 aliphatic heterocycles. The number of carbonyl (C=O) groups is 1. The van der Waals surface area contributed by atoms with E-state index in [2.05, 4.69) is 4.90 Å². The van der Waals surface area contributed by atoms with Crippen LogP contribution in [0.15, 0.2) is 36.4 Å². The maximum absolute atomic E-state index is 14.2. The highest BCUT2D eigenvalue weighted by Gasteiger charge is 2.34. The van der Waals surface area contributed by atoms with Gasteiger partial charge in [0, 0.05) is 17.7 Å². The number of hydrogen-bond acceptors (Lipinski definition) is 5. The van der Waals surface area contributed by atoms with Crippen LogP contribution >= 0.6 is 0 Å². The zero-order valence-electron chi connectivity index (χ0n) is 16.9. The molecule has 2 unspecified atom stereocenters. The van der Waals surface area contributed by atoms with E-state index in [-0.39, 0.29) is 5.82 Å². The topological polar surface area (TPSA) is 68.2 Å². The summed E-state index contributed by atoms with van der Waals surface area (Å²) in [4.78, 5) is 13.7. The lowest BCUT2D eigenvalue weighted by Crippen LogP contribution is -2.41. The quantitative estimate of drug-likeness (QED) is 0.760. The summed E-state index contributed by atoms with van der Waals surface area (Å²) in [7, 11) is 4.68. The number of benzene rings is 2. The van der Waals surface area contributed by atoms with E-state index in [1.807, 2.05) is 6.07 Å². The van der Waals surface area contributed by atoms with Gasteiger partial charge in [-0.3, -0.25) is 9.69 Å². The molecule has 2 aromatic carbocycles. The minimum atomic E-state index is -0.822. The molecule has 156 valence electrons. The number of hydrogen-bond donors (Lipinski definition) is 1. The van der Waals surface area contributed by atoms with Crippen LogP contribution in [0.5, 0.6) is 17.2 Å². The van der Waals surface area contributed by atoms with E-state index >= 15 is 0 Å². The molecule has 0 amide bonds. The third-order valence-corrected chi connectivity index (χ3v) is 5.38. The lowest BCUT2D eigenvalue weighted by atomic mass is 9.90. The van der Waals surface area contributed by atoms with Crippen molar-refractivity contribution in [3.05, 3.63) is 53.3 Å². The van der Waals surface area contributed by atoms with Gasteiger partial charge in [-0.25, -0.2) is 4.39 Å². The first-order chi connectivity index (χ1) is 14.0. The Morgan fingerprint density at radius 1 is 1.07 bits per heavy atom. The van der Waals surface area contributed by atoms with Gasteiger partial charge in [0.2, 0.25) is 0 Å². The molecule has 0 spiro atoms. The Labute approximate surface area is 169 Å². The van der Waals surface area contributed by atoms with Crippen LogP contribution in [0.25, 0.3) is 0 Å². The standard InChI is InChI=1S/C22H26FNO5/c1-27-16-7-9-20(29-3)18(12-16)21(17-11-15(23)6-8-19(17)28-2)24-10-4-5-14(13-24)22(25)26/h6-9,11-12,14,21H,4-5,10,13H2,1-3H3,(H,25,26). The fourth-order valence-corrected chi connectivity index (χ4v) is 3.98. The second kappa shape index (κ2) is 9.13. The molecular weight excluding hydrogens is 377 g/mol. The Bertz CT molecular complexity index is 872. The third-order valence-electron chi connectivity index (χ3n) is 5.38. The number of rotatable bonds is 7. The zero-order chi connectivity index (χ0) is 21.0. The predicted molar refractivity (Wildman–Crippen MR) is 106 cm³/mol. The van der Waals surface area contributed by atoms with Crippen molar-refractivity contribution in [2.24, 2.45) is 5.92 Å². The van der Waals surface area contributed by atoms with Crippen LogP contribution in [0.2, 0.25) is 0 Å². The molecule has 29 heavy (non-hydrogen) atoms. The first-order valence-corrected chi connectivity index (χ1v) is 9.50. The van der Waals surface area contributed by atoms with Gasteiger partial charge in [-0.1, -0.05) is 0 Å². The molecule has 0 bridgehead atoms. The van der Waals surface area contributed by atoms with Crippen LogP contribution in [0.3, 0.4) is 0 Å². The largest absolute Gasteiger partial charge is 0.497 e. The summed E-state index contributed by atoms with van der Waals surface area (Å²) in [6.07, 6.45) is 1.35. The SMILES string of the molecule is COc1ccc(OC)c(C(c2cc(F)ccc2OC)N2CCCC(C(=O)O)C2)c1. The molecule has 0 radical (unpaired) electrons. The number of ether oxygens (including phenoxy) is 3. The van der Waals surface area contributed by atoms with Crippen molar-refractivity contribution in [3.8, 4) is 17.2 Å². The molecule has 1 fully saturated rings. The first-order valence-electron chi connectivity index (χ1n) is 9.50. The molecule has 6 nitrogen and oxygen atoms in total. The summed E-state index contributed by atoms with van der Waals surface area (Å²) >= 11 is 0. The maximum atomic E-state index is 14.2. The van der Waals surface area contributed by atoms with Crippen LogP contribution in [-0.2, 0) is 4.79 Å². The molecule has 2 aromatic rings. The monoisotopic (exact) mass is 403 g/mol. The van der Waals surface area contributed by atoms with Gasteiger partial charge in [0.1, 0.15) is 23.1 Å². The van der Waals surface area contributed by atoms with E-state index in [4.69, 9.17) is 14.2 Å². The molecule has 1 heterocycles. The minimum absolute atomic E-state index is 0.347. The molecule has 1 saturated heterocycles. The second-order valence-corrected chi connectivity index (χ2v) is 7.07. The van der Waals surface area contributed by atoms with Crippen molar-refractivity contribution in [2.75, 3.05) is 34.4 Å². The fourth-order valence-electron chi connectivity index (χ4n) is 3.98. The molecule has 0 saturated carbocycles. The Hall–Kier alpha value is -2.80. The smallest absolute Gasteiger partial charge is 0.307 e. The lowest BCUT2D eigenvalue weighted by molar-refractivity contribution is -0.143. The summed E-state index contributed by atoms with van der Waals surface area (Å²) in [5.41, 5.74) is 1.38. The summed E-state index contributed by atoms with van der Waals surface area (Å²) in [6.45, 7) is 1.02. The van der Waals surface area contributed by atoms with Gasteiger partial charge < -0.3 is 19.3 Å². The molecule has 0 aromatic heterocycles. The van der Waals surface area contributed by atoms with Gasteiger partial charge >= 0.3 is 5.97 Å². The zero-order valence-corrected chi connectivity index (χ0v) is 16.9. The lowest BCUT2D eigenvalue weighted by Gasteiger charge is -2.38. The van der Waals surface area contributed by atoms with Crippen LogP contribution in [0.1, 0.15) is 30.0 Å². The number of halogens is 1. The summed E-state index contributed by atoms with van der Waals surface area (Å²) in [5.74, 6) is 0.0744. The number of likely N-dealkylation sites (tertiary alicyclic amines) is 1. The Balaban J connectivity index is 2.18. The minimum Gasteiger partial charge on any atom is -0.497 e. The van der Waals surface area contributed by atoms with E-state index in [9.17, 15) is 14.3 Å². The van der Waals surface area contributed by atoms with Gasteiger partial charge in [-0.15, -0.1) is 0 Å². The number of carboxylic acid groups (broad SMARTS) is 1. The number of nitrogens with zero attached hydrogens (tertiary/aromatic N) is 1. The van der Waals surface area contributed by atoms with E-state index < -0.39 is 17.9 Å². The highest BCUT2D eigenvalue weighted by molar-refractivity contribution is 5.70. The molecule has 0 aliphatic carbocycles. The van der Waals surface area contributed by atoms with Gasteiger partial charge in [-0.05, 0) is 55.8 Å². The normalized spacial score (nSPS) is 18.1. The molecule has 3 rings (SSSR count). The van der Waals surface area contributed by atoms with E-state index in [0.29, 0.717) is 42.3 Å². The Morgan fingerprint density at radius 2 is 1.72 bits per heavy atom. The maximum Gasteiger partial charge on any atom is 0.307 e.